The molecule has 0 fully saturated rings. The summed E-state index contributed by atoms with van der Waals surface area (Å²) in [6, 6.07) is 19.4. The second kappa shape index (κ2) is 13.4. The van der Waals surface area contributed by atoms with Gasteiger partial charge in [-0.2, -0.15) is 4.57 Å². The minimum Gasteiger partial charge on any atom is -1.00 e. The van der Waals surface area contributed by atoms with Crippen LogP contribution >= 0.6 is 11.8 Å². The number of para-hydroxylation sites is 2. The molecule has 2 heterocycles. The van der Waals surface area contributed by atoms with Crippen LogP contribution in [-0.2, 0) is 6.54 Å². The standard InChI is InChI=1S/C27H30N5S.HI/c1-2-31-21-18-22(23-13-5-6-14-24(23)31)12-11-17-27-32(20-10-4-3-9-19-29-30-28)25-15-7-8-16-26(25)33-27;/h5-8,11-18,21H,2-4,9-10,19-20H2,1H3;1H/q+1;/p-1. The van der Waals surface area contributed by atoms with E-state index in [1.807, 2.05) is 11.8 Å². The topological polar surface area (TPSA) is 55.9 Å². The summed E-state index contributed by atoms with van der Waals surface area (Å²) >= 11 is 1.84. The lowest BCUT2D eigenvalue weighted by atomic mass is 10.1. The molecule has 0 atom stereocenters. The van der Waals surface area contributed by atoms with Crippen molar-refractivity contribution in [3.63, 3.8) is 0 Å². The Morgan fingerprint density at radius 2 is 1.82 bits per heavy atom. The molecule has 0 radical (unpaired) electrons. The number of benzene rings is 2. The molecular formula is C27H30IN5S. The van der Waals surface area contributed by atoms with E-state index >= 15 is 0 Å². The first kappa shape index (κ1) is 26.1. The molecule has 0 spiro atoms. The largest absolute Gasteiger partial charge is 1.00 e. The van der Waals surface area contributed by atoms with Gasteiger partial charge in [-0.05, 0) is 55.1 Å². The lowest BCUT2D eigenvalue weighted by molar-refractivity contribution is -0.667. The molecule has 0 saturated carbocycles. The number of anilines is 1. The van der Waals surface area contributed by atoms with E-state index in [2.05, 4.69) is 105 Å². The molecule has 0 bridgehead atoms. The van der Waals surface area contributed by atoms with Crippen molar-refractivity contribution in [3.05, 3.63) is 94.0 Å². The molecule has 5 nitrogen and oxygen atoms in total. The Morgan fingerprint density at radius 3 is 2.68 bits per heavy atom. The summed E-state index contributed by atoms with van der Waals surface area (Å²) in [6.45, 7) is 4.73. The van der Waals surface area contributed by atoms with Crippen LogP contribution in [0.3, 0.4) is 0 Å². The maximum atomic E-state index is 8.39. The molecule has 176 valence electrons. The Morgan fingerprint density at radius 1 is 1.03 bits per heavy atom. The third-order valence-electron chi connectivity index (χ3n) is 5.90. The molecule has 1 aliphatic heterocycles. The summed E-state index contributed by atoms with van der Waals surface area (Å²) < 4.78 is 2.28. The van der Waals surface area contributed by atoms with E-state index in [9.17, 15) is 0 Å². The van der Waals surface area contributed by atoms with Crippen molar-refractivity contribution in [2.75, 3.05) is 18.0 Å². The number of hydrogen-bond acceptors (Lipinski definition) is 3. The van der Waals surface area contributed by atoms with Crippen molar-refractivity contribution in [2.45, 2.75) is 44.0 Å². The smallest absolute Gasteiger partial charge is 0.213 e. The van der Waals surface area contributed by atoms with Crippen LogP contribution in [-0.4, -0.2) is 13.1 Å². The van der Waals surface area contributed by atoms with Crippen molar-refractivity contribution < 1.29 is 28.5 Å². The molecule has 0 N–H and O–H groups in total. The van der Waals surface area contributed by atoms with Crippen LogP contribution in [0.2, 0.25) is 0 Å². The highest BCUT2D eigenvalue weighted by Gasteiger charge is 2.23. The maximum Gasteiger partial charge on any atom is 0.213 e. The number of allylic oxidation sites excluding steroid dienone is 2. The fraction of sp³-hybridized carbons (Fsp3) is 0.296. The fourth-order valence-corrected chi connectivity index (χ4v) is 5.32. The number of fused-ring (bicyclic) bond motifs is 2. The zero-order chi connectivity index (χ0) is 22.9. The Hall–Kier alpha value is -2.48. The van der Waals surface area contributed by atoms with Crippen LogP contribution in [0.5, 0.6) is 0 Å². The van der Waals surface area contributed by atoms with E-state index in [0.717, 1.165) is 38.8 Å². The first-order valence-corrected chi connectivity index (χ1v) is 12.5. The van der Waals surface area contributed by atoms with Crippen LogP contribution in [0, 0.1) is 0 Å². The van der Waals surface area contributed by atoms with Gasteiger partial charge in [0.05, 0.1) is 16.1 Å². The van der Waals surface area contributed by atoms with Crippen molar-refractivity contribution in [1.29, 1.82) is 0 Å². The Bertz CT molecular complexity index is 1220. The number of thioether (sulfide) groups is 1. The Balaban J connectivity index is 0.00000324. The van der Waals surface area contributed by atoms with Gasteiger partial charge in [0.1, 0.15) is 6.54 Å². The average Bonchev–Trinajstić information content (AvgIpc) is 3.21. The lowest BCUT2D eigenvalue weighted by Gasteiger charge is -2.20. The van der Waals surface area contributed by atoms with E-state index < -0.39 is 0 Å². The second-order valence-electron chi connectivity index (χ2n) is 8.03. The van der Waals surface area contributed by atoms with Crippen LogP contribution in [0.4, 0.5) is 5.69 Å². The third-order valence-corrected chi connectivity index (χ3v) is 7.03. The number of azide groups is 1. The first-order chi connectivity index (χ1) is 16.3. The van der Waals surface area contributed by atoms with E-state index in [1.165, 1.54) is 32.1 Å². The maximum absolute atomic E-state index is 8.39. The number of nitrogens with zero attached hydrogens (tertiary/aromatic N) is 5. The average molecular weight is 584 g/mol. The predicted molar refractivity (Wildman–Crippen MR) is 139 cm³/mol. The Kier molecular flexibility index (Phi) is 10.3. The molecule has 7 heteroatoms. The zero-order valence-electron chi connectivity index (χ0n) is 19.5. The second-order valence-corrected chi connectivity index (χ2v) is 9.09. The summed E-state index contributed by atoms with van der Waals surface area (Å²) in [7, 11) is 0. The number of hydrogen-bond donors (Lipinski definition) is 0. The molecule has 0 unspecified atom stereocenters. The van der Waals surface area contributed by atoms with E-state index in [0.29, 0.717) is 6.54 Å². The van der Waals surface area contributed by atoms with Gasteiger partial charge in [-0.3, -0.25) is 0 Å². The number of unbranched alkanes of at least 4 members (excludes halogenated alkanes) is 3. The number of pyridine rings is 1. The van der Waals surface area contributed by atoms with Gasteiger partial charge in [0, 0.05) is 35.0 Å². The van der Waals surface area contributed by atoms with Crippen molar-refractivity contribution in [1.82, 2.24) is 0 Å². The summed E-state index contributed by atoms with van der Waals surface area (Å²) in [6.07, 6.45) is 13.1. The van der Waals surface area contributed by atoms with E-state index in [-0.39, 0.29) is 24.0 Å². The minimum absolute atomic E-state index is 0. The number of aromatic nitrogens is 1. The van der Waals surface area contributed by atoms with Gasteiger partial charge in [0.2, 0.25) is 5.52 Å². The van der Waals surface area contributed by atoms with Gasteiger partial charge in [0.15, 0.2) is 6.20 Å². The van der Waals surface area contributed by atoms with E-state index in [1.54, 1.807) is 0 Å². The summed E-state index contributed by atoms with van der Waals surface area (Å²) in [5.41, 5.74) is 12.2. The fourth-order valence-electron chi connectivity index (χ4n) is 4.22. The highest BCUT2D eigenvalue weighted by Crippen LogP contribution is 2.45. The van der Waals surface area contributed by atoms with Crippen molar-refractivity contribution in [2.24, 2.45) is 5.11 Å². The van der Waals surface area contributed by atoms with E-state index in [4.69, 9.17) is 5.53 Å². The SMILES string of the molecule is CC[n+]1ccc(/C=C/C=C2\Sc3ccccc3N2CCCCCCN=[N+]=[N-])c2ccccc21.[I-]. The van der Waals surface area contributed by atoms with Crippen molar-refractivity contribution >= 4 is 34.4 Å². The van der Waals surface area contributed by atoms with Crippen LogP contribution in [0.1, 0.15) is 38.2 Å². The van der Waals surface area contributed by atoms with Gasteiger partial charge in [0.25, 0.3) is 0 Å². The quantitative estimate of drug-likeness (QED) is 0.0883. The molecule has 2 aromatic carbocycles. The minimum atomic E-state index is 0. The zero-order valence-corrected chi connectivity index (χ0v) is 22.5. The van der Waals surface area contributed by atoms with Crippen LogP contribution < -0.4 is 33.4 Å². The molecule has 4 rings (SSSR count). The normalized spacial score (nSPS) is 13.8. The number of aryl methyl sites for hydroxylation is 1. The van der Waals surface area contributed by atoms with Crippen molar-refractivity contribution in [3.8, 4) is 0 Å². The molecule has 3 aromatic rings. The monoisotopic (exact) mass is 583 g/mol. The molecule has 0 aliphatic carbocycles. The predicted octanol–water partition coefficient (Wildman–Crippen LogP) is 4.49. The number of rotatable bonds is 10. The van der Waals surface area contributed by atoms with Gasteiger partial charge in [-0.15, -0.1) is 0 Å². The first-order valence-electron chi connectivity index (χ1n) is 11.7. The Labute approximate surface area is 223 Å². The molecular weight excluding hydrogens is 553 g/mol. The molecule has 34 heavy (non-hydrogen) atoms. The molecule has 0 saturated heterocycles. The molecule has 1 aromatic heterocycles. The van der Waals surface area contributed by atoms with Gasteiger partial charge in [-0.1, -0.05) is 66.1 Å². The van der Waals surface area contributed by atoms with Crippen LogP contribution in [0.25, 0.3) is 27.4 Å². The lowest BCUT2D eigenvalue weighted by Crippen LogP contribution is -3.00. The van der Waals surface area contributed by atoms with Gasteiger partial charge < -0.3 is 28.9 Å². The summed E-state index contributed by atoms with van der Waals surface area (Å²) in [5, 5.41) is 6.17. The highest BCUT2D eigenvalue weighted by molar-refractivity contribution is 8.03. The summed E-state index contributed by atoms with van der Waals surface area (Å²) in [4.78, 5) is 6.58. The molecule has 1 aliphatic rings. The van der Waals surface area contributed by atoms with Crippen LogP contribution in [0.15, 0.2) is 88.0 Å². The highest BCUT2D eigenvalue weighted by atomic mass is 127. The van der Waals surface area contributed by atoms with Gasteiger partial charge >= 0.3 is 0 Å². The third kappa shape index (κ3) is 6.34. The number of halogens is 1. The van der Waals surface area contributed by atoms with Gasteiger partial charge in [-0.25, -0.2) is 0 Å². The molecule has 0 amide bonds. The summed E-state index contributed by atoms with van der Waals surface area (Å²) in [5.74, 6) is 0.